The van der Waals surface area contributed by atoms with Gasteiger partial charge in [-0.3, -0.25) is 0 Å². The second-order valence-electron chi connectivity index (χ2n) is 4.64. The number of ether oxygens (including phenoxy) is 1. The standard InChI is InChI=1S/C14H18O3/c15-13(9-11-7-4-8-11)14(16)17-10-12-5-2-1-3-6-12/h1-3,5-6,11,13,15H,4,7-10H2. The number of esters is 1. The molecule has 1 fully saturated rings. The Morgan fingerprint density at radius 2 is 2.06 bits per heavy atom. The fraction of sp³-hybridized carbons (Fsp3) is 0.500. The van der Waals surface area contributed by atoms with Crippen molar-refractivity contribution in [2.45, 2.75) is 38.4 Å². The lowest BCUT2D eigenvalue weighted by atomic mass is 9.81. The van der Waals surface area contributed by atoms with E-state index in [0.717, 1.165) is 18.4 Å². The van der Waals surface area contributed by atoms with Crippen LogP contribution in [0.25, 0.3) is 0 Å². The van der Waals surface area contributed by atoms with Crippen LogP contribution in [0, 0.1) is 5.92 Å². The number of aliphatic hydroxyl groups excluding tert-OH is 1. The highest BCUT2D eigenvalue weighted by Crippen LogP contribution is 2.30. The predicted molar refractivity (Wildman–Crippen MR) is 64.2 cm³/mol. The molecule has 92 valence electrons. The molecule has 1 aliphatic carbocycles. The fourth-order valence-corrected chi connectivity index (χ4v) is 1.97. The minimum atomic E-state index is -0.955. The highest BCUT2D eigenvalue weighted by atomic mass is 16.5. The van der Waals surface area contributed by atoms with E-state index >= 15 is 0 Å². The first-order chi connectivity index (χ1) is 8.25. The van der Waals surface area contributed by atoms with Crippen LogP contribution < -0.4 is 0 Å². The molecular weight excluding hydrogens is 216 g/mol. The summed E-state index contributed by atoms with van der Waals surface area (Å²) in [4.78, 5) is 11.5. The van der Waals surface area contributed by atoms with Gasteiger partial charge in [-0.2, -0.15) is 0 Å². The molecule has 1 N–H and O–H groups in total. The van der Waals surface area contributed by atoms with Crippen LogP contribution in [0.2, 0.25) is 0 Å². The van der Waals surface area contributed by atoms with E-state index < -0.39 is 12.1 Å². The summed E-state index contributed by atoms with van der Waals surface area (Å²) < 4.78 is 5.07. The first-order valence-corrected chi connectivity index (χ1v) is 6.14. The lowest BCUT2D eigenvalue weighted by Crippen LogP contribution is -2.28. The van der Waals surface area contributed by atoms with Crippen LogP contribution in [0.15, 0.2) is 30.3 Å². The van der Waals surface area contributed by atoms with Crippen molar-refractivity contribution in [3.05, 3.63) is 35.9 Å². The first-order valence-electron chi connectivity index (χ1n) is 6.14. The second kappa shape index (κ2) is 5.82. The molecule has 0 saturated heterocycles. The topological polar surface area (TPSA) is 46.5 Å². The highest BCUT2D eigenvalue weighted by Gasteiger charge is 2.25. The average molecular weight is 234 g/mol. The maximum atomic E-state index is 11.5. The Bertz CT molecular complexity index is 357. The van der Waals surface area contributed by atoms with Crippen LogP contribution in [-0.2, 0) is 16.1 Å². The van der Waals surface area contributed by atoms with Gasteiger partial charge in [0.25, 0.3) is 0 Å². The van der Waals surface area contributed by atoms with E-state index in [9.17, 15) is 9.90 Å². The molecule has 0 aromatic heterocycles. The Kier molecular flexibility index (Phi) is 4.15. The maximum Gasteiger partial charge on any atom is 0.335 e. The lowest BCUT2D eigenvalue weighted by molar-refractivity contribution is -0.156. The van der Waals surface area contributed by atoms with Crippen molar-refractivity contribution < 1.29 is 14.6 Å². The Morgan fingerprint density at radius 1 is 1.35 bits per heavy atom. The predicted octanol–water partition coefficient (Wildman–Crippen LogP) is 2.28. The van der Waals surface area contributed by atoms with Gasteiger partial charge in [0.1, 0.15) is 6.61 Å². The third-order valence-corrected chi connectivity index (χ3v) is 3.28. The molecule has 0 heterocycles. The second-order valence-corrected chi connectivity index (χ2v) is 4.64. The molecule has 0 spiro atoms. The van der Waals surface area contributed by atoms with Crippen molar-refractivity contribution in [1.29, 1.82) is 0 Å². The Balaban J connectivity index is 1.72. The van der Waals surface area contributed by atoms with E-state index in [1.807, 2.05) is 30.3 Å². The SMILES string of the molecule is O=C(OCc1ccccc1)C(O)CC1CCC1. The molecule has 1 unspecified atom stereocenters. The molecule has 1 saturated carbocycles. The van der Waals surface area contributed by atoms with Crippen LogP contribution in [0.3, 0.4) is 0 Å². The average Bonchev–Trinajstić information content (AvgIpc) is 2.32. The molecule has 3 heteroatoms. The number of aliphatic hydroxyl groups is 1. The number of carbonyl (C=O) groups excluding carboxylic acids is 1. The van der Waals surface area contributed by atoms with Crippen molar-refractivity contribution in [3.8, 4) is 0 Å². The van der Waals surface area contributed by atoms with Gasteiger partial charge < -0.3 is 9.84 Å². The van der Waals surface area contributed by atoms with Gasteiger partial charge in [-0.1, -0.05) is 49.6 Å². The summed E-state index contributed by atoms with van der Waals surface area (Å²) in [7, 11) is 0. The summed E-state index contributed by atoms with van der Waals surface area (Å²) in [5, 5.41) is 9.66. The summed E-state index contributed by atoms with van der Waals surface area (Å²) in [6.45, 7) is 0.237. The molecule has 2 rings (SSSR count). The number of hydrogen-bond donors (Lipinski definition) is 1. The van der Waals surface area contributed by atoms with Crippen molar-refractivity contribution in [1.82, 2.24) is 0 Å². The van der Waals surface area contributed by atoms with Crippen LogP contribution in [-0.4, -0.2) is 17.2 Å². The van der Waals surface area contributed by atoms with E-state index in [4.69, 9.17) is 4.74 Å². The Labute approximate surface area is 101 Å². The molecule has 17 heavy (non-hydrogen) atoms. The zero-order valence-corrected chi connectivity index (χ0v) is 9.84. The summed E-state index contributed by atoms with van der Waals surface area (Å²) in [5.74, 6) is 0.00929. The smallest absolute Gasteiger partial charge is 0.335 e. The lowest BCUT2D eigenvalue weighted by Gasteiger charge is -2.26. The molecule has 0 bridgehead atoms. The van der Waals surface area contributed by atoms with Crippen LogP contribution in [0.1, 0.15) is 31.2 Å². The summed E-state index contributed by atoms with van der Waals surface area (Å²) in [5.41, 5.74) is 0.941. The summed E-state index contributed by atoms with van der Waals surface area (Å²) in [6, 6.07) is 9.50. The molecule has 0 radical (unpaired) electrons. The van der Waals surface area contributed by atoms with E-state index in [2.05, 4.69) is 0 Å². The van der Waals surface area contributed by atoms with Gasteiger partial charge in [0, 0.05) is 0 Å². The van der Waals surface area contributed by atoms with Crippen molar-refractivity contribution in [2.24, 2.45) is 5.92 Å². The van der Waals surface area contributed by atoms with Gasteiger partial charge in [-0.15, -0.1) is 0 Å². The number of hydrogen-bond acceptors (Lipinski definition) is 3. The summed E-state index contributed by atoms with van der Waals surface area (Å²) >= 11 is 0. The molecule has 1 atom stereocenters. The Hall–Kier alpha value is -1.35. The number of benzene rings is 1. The highest BCUT2D eigenvalue weighted by molar-refractivity contribution is 5.74. The molecule has 1 aromatic rings. The zero-order valence-electron chi connectivity index (χ0n) is 9.84. The van der Waals surface area contributed by atoms with E-state index in [-0.39, 0.29) is 6.61 Å². The van der Waals surface area contributed by atoms with Crippen molar-refractivity contribution in [3.63, 3.8) is 0 Å². The monoisotopic (exact) mass is 234 g/mol. The van der Waals surface area contributed by atoms with Gasteiger partial charge in [0.15, 0.2) is 6.10 Å². The molecule has 1 aliphatic rings. The van der Waals surface area contributed by atoms with Gasteiger partial charge >= 0.3 is 5.97 Å². The van der Waals surface area contributed by atoms with E-state index in [1.165, 1.54) is 6.42 Å². The normalized spacial score (nSPS) is 17.2. The van der Waals surface area contributed by atoms with Crippen LogP contribution in [0.4, 0.5) is 0 Å². The summed E-state index contributed by atoms with van der Waals surface area (Å²) in [6.07, 6.45) is 3.07. The quantitative estimate of drug-likeness (QED) is 0.795. The van der Waals surface area contributed by atoms with Crippen molar-refractivity contribution >= 4 is 5.97 Å². The largest absolute Gasteiger partial charge is 0.459 e. The minimum Gasteiger partial charge on any atom is -0.459 e. The number of rotatable bonds is 5. The van der Waals surface area contributed by atoms with Gasteiger partial charge in [-0.05, 0) is 17.9 Å². The van der Waals surface area contributed by atoms with Crippen molar-refractivity contribution in [2.75, 3.05) is 0 Å². The third kappa shape index (κ3) is 3.56. The van der Waals surface area contributed by atoms with Crippen LogP contribution >= 0.6 is 0 Å². The van der Waals surface area contributed by atoms with Gasteiger partial charge in [0.05, 0.1) is 0 Å². The molecule has 0 amide bonds. The first kappa shape index (κ1) is 12.1. The van der Waals surface area contributed by atoms with Gasteiger partial charge in [0.2, 0.25) is 0 Å². The molecule has 1 aromatic carbocycles. The maximum absolute atomic E-state index is 11.5. The Morgan fingerprint density at radius 3 is 2.65 bits per heavy atom. The minimum absolute atomic E-state index is 0.237. The zero-order chi connectivity index (χ0) is 12.1. The van der Waals surface area contributed by atoms with E-state index in [0.29, 0.717) is 12.3 Å². The molecule has 0 aliphatic heterocycles. The molecular formula is C14H18O3. The third-order valence-electron chi connectivity index (χ3n) is 3.28. The van der Waals surface area contributed by atoms with E-state index in [1.54, 1.807) is 0 Å². The van der Waals surface area contributed by atoms with Crippen LogP contribution in [0.5, 0.6) is 0 Å². The molecule has 3 nitrogen and oxygen atoms in total. The van der Waals surface area contributed by atoms with Gasteiger partial charge in [-0.25, -0.2) is 4.79 Å². The number of carbonyl (C=O) groups is 1. The fourth-order valence-electron chi connectivity index (χ4n) is 1.97.